The fourth-order valence-electron chi connectivity index (χ4n) is 1.66. The molecule has 0 aliphatic heterocycles. The van der Waals surface area contributed by atoms with Gasteiger partial charge in [-0.2, -0.15) is 0 Å². The molecule has 0 aliphatic rings. The highest BCUT2D eigenvalue weighted by atomic mass is 16.4. The molecule has 2 aromatic heterocycles. The lowest BCUT2D eigenvalue weighted by atomic mass is 10.2. The first kappa shape index (κ1) is 9.58. The molecule has 2 aromatic rings. The van der Waals surface area contributed by atoms with Crippen molar-refractivity contribution in [3.8, 4) is 11.4 Å². The topological polar surface area (TPSA) is 58.0 Å². The van der Waals surface area contributed by atoms with Gasteiger partial charge in [0.1, 0.15) is 0 Å². The number of aromatic nitrogens is 2. The molecule has 0 amide bonds. The maximum absolute atomic E-state index is 10.9. The van der Waals surface area contributed by atoms with Crippen LogP contribution in [-0.2, 0) is 7.05 Å². The van der Waals surface area contributed by atoms with Crippen LogP contribution in [0.5, 0.6) is 0 Å². The van der Waals surface area contributed by atoms with Gasteiger partial charge in [0, 0.05) is 18.9 Å². The van der Waals surface area contributed by atoms with Crippen molar-refractivity contribution in [1.29, 1.82) is 0 Å². The lowest BCUT2D eigenvalue weighted by Gasteiger charge is -1.98. The molecule has 0 saturated heterocycles. The minimum atomic E-state index is -0.899. The molecule has 0 saturated carbocycles. The first-order valence-electron chi connectivity index (χ1n) is 4.64. The van der Waals surface area contributed by atoms with E-state index in [4.69, 9.17) is 5.11 Å². The maximum Gasteiger partial charge on any atom is 0.337 e. The third-order valence-electron chi connectivity index (χ3n) is 2.46. The van der Waals surface area contributed by atoms with Crippen LogP contribution in [0.15, 0.2) is 24.4 Å². The molecule has 0 radical (unpaired) electrons. The number of carboxylic acids is 1. The molecule has 0 bridgehead atoms. The fourth-order valence-corrected chi connectivity index (χ4v) is 1.66. The van der Waals surface area contributed by atoms with Crippen LogP contribution < -0.4 is 0 Å². The summed E-state index contributed by atoms with van der Waals surface area (Å²) in [5, 5.41) is 8.92. The quantitative estimate of drug-likeness (QED) is 0.786. The van der Waals surface area contributed by atoms with Crippen LogP contribution in [0, 0.1) is 6.92 Å². The summed E-state index contributed by atoms with van der Waals surface area (Å²) in [6, 6.07) is 5.52. The Hall–Kier alpha value is -1.97. The summed E-state index contributed by atoms with van der Waals surface area (Å²) in [5.74, 6) is -0.899. The van der Waals surface area contributed by atoms with Crippen LogP contribution in [0.4, 0.5) is 0 Å². The van der Waals surface area contributed by atoms with E-state index in [0.29, 0.717) is 11.3 Å². The summed E-state index contributed by atoms with van der Waals surface area (Å²) in [6.45, 7) is 1.76. The van der Waals surface area contributed by atoms with Gasteiger partial charge in [-0.3, -0.25) is 0 Å². The number of carbonyl (C=O) groups is 1. The number of H-pyrrole nitrogens is 1. The Kier molecular flexibility index (Phi) is 2.11. The molecule has 0 aliphatic carbocycles. The Bertz CT molecular complexity index is 508. The normalized spacial score (nSPS) is 10.5. The zero-order valence-electron chi connectivity index (χ0n) is 8.61. The lowest BCUT2D eigenvalue weighted by Crippen LogP contribution is -1.95. The van der Waals surface area contributed by atoms with Crippen molar-refractivity contribution in [2.45, 2.75) is 6.92 Å². The molecule has 2 heterocycles. The second-order valence-electron chi connectivity index (χ2n) is 3.53. The summed E-state index contributed by atoms with van der Waals surface area (Å²) in [6.07, 6.45) is 1.92. The minimum Gasteiger partial charge on any atom is -0.478 e. The van der Waals surface area contributed by atoms with Gasteiger partial charge < -0.3 is 14.7 Å². The Labute approximate surface area is 87.2 Å². The van der Waals surface area contributed by atoms with Crippen molar-refractivity contribution >= 4 is 5.97 Å². The summed E-state index contributed by atoms with van der Waals surface area (Å²) < 4.78 is 1.94. The summed E-state index contributed by atoms with van der Waals surface area (Å²) in [4.78, 5) is 13.9. The van der Waals surface area contributed by atoms with Crippen molar-refractivity contribution < 1.29 is 9.90 Å². The highest BCUT2D eigenvalue weighted by Gasteiger charge is 2.13. The van der Waals surface area contributed by atoms with Crippen molar-refractivity contribution in [3.63, 3.8) is 0 Å². The van der Waals surface area contributed by atoms with Gasteiger partial charge in [-0.1, -0.05) is 0 Å². The van der Waals surface area contributed by atoms with E-state index >= 15 is 0 Å². The van der Waals surface area contributed by atoms with Gasteiger partial charge in [0.05, 0.1) is 17.0 Å². The van der Waals surface area contributed by atoms with Crippen LogP contribution >= 0.6 is 0 Å². The maximum atomic E-state index is 10.9. The SMILES string of the molecule is Cc1[nH]c(-c2cccn2C)cc1C(=O)O. The first-order valence-corrected chi connectivity index (χ1v) is 4.64. The Morgan fingerprint density at radius 2 is 2.27 bits per heavy atom. The second-order valence-corrected chi connectivity index (χ2v) is 3.53. The van der Waals surface area contributed by atoms with Crippen LogP contribution in [0.3, 0.4) is 0 Å². The number of rotatable bonds is 2. The van der Waals surface area contributed by atoms with E-state index in [2.05, 4.69) is 4.98 Å². The van der Waals surface area contributed by atoms with Gasteiger partial charge in [0.15, 0.2) is 0 Å². The zero-order valence-corrected chi connectivity index (χ0v) is 8.61. The highest BCUT2D eigenvalue weighted by Crippen LogP contribution is 2.21. The van der Waals surface area contributed by atoms with Gasteiger partial charge >= 0.3 is 5.97 Å². The monoisotopic (exact) mass is 204 g/mol. The molecular formula is C11H12N2O2. The molecule has 4 nitrogen and oxygen atoms in total. The number of hydrogen-bond acceptors (Lipinski definition) is 1. The predicted octanol–water partition coefficient (Wildman–Crippen LogP) is 2.03. The van der Waals surface area contributed by atoms with Crippen LogP contribution in [0.1, 0.15) is 16.1 Å². The number of carboxylic acid groups (broad SMARTS) is 1. The summed E-state index contributed by atoms with van der Waals surface area (Å²) >= 11 is 0. The molecule has 2 N–H and O–H groups in total. The van der Waals surface area contributed by atoms with E-state index in [0.717, 1.165) is 11.4 Å². The molecule has 0 atom stereocenters. The van der Waals surface area contributed by atoms with Crippen molar-refractivity contribution in [3.05, 3.63) is 35.7 Å². The Morgan fingerprint density at radius 1 is 1.53 bits per heavy atom. The van der Waals surface area contributed by atoms with E-state index in [-0.39, 0.29) is 0 Å². The molecule has 15 heavy (non-hydrogen) atoms. The molecule has 0 aromatic carbocycles. The largest absolute Gasteiger partial charge is 0.478 e. The zero-order chi connectivity index (χ0) is 11.0. The molecule has 0 spiro atoms. The van der Waals surface area contributed by atoms with E-state index in [1.54, 1.807) is 13.0 Å². The second kappa shape index (κ2) is 3.31. The molecule has 78 valence electrons. The van der Waals surface area contributed by atoms with Crippen LogP contribution in [-0.4, -0.2) is 20.6 Å². The van der Waals surface area contributed by atoms with Gasteiger partial charge in [-0.15, -0.1) is 0 Å². The molecule has 2 rings (SSSR count). The van der Waals surface area contributed by atoms with E-state index in [1.807, 2.05) is 29.9 Å². The predicted molar refractivity (Wildman–Crippen MR) is 56.9 cm³/mol. The lowest BCUT2D eigenvalue weighted by molar-refractivity contribution is 0.0696. The van der Waals surface area contributed by atoms with Crippen molar-refractivity contribution in [2.24, 2.45) is 7.05 Å². The van der Waals surface area contributed by atoms with Crippen LogP contribution in [0.2, 0.25) is 0 Å². The van der Waals surface area contributed by atoms with E-state index in [9.17, 15) is 4.79 Å². The average molecular weight is 204 g/mol. The van der Waals surface area contributed by atoms with Crippen molar-refractivity contribution in [1.82, 2.24) is 9.55 Å². The average Bonchev–Trinajstić information content (AvgIpc) is 2.71. The molecule has 0 fully saturated rings. The standard InChI is InChI=1S/C11H12N2O2/c1-7-8(11(14)15)6-9(12-7)10-4-3-5-13(10)2/h3-6,12H,1-2H3,(H,14,15). The number of aromatic amines is 1. The minimum absolute atomic E-state index is 0.325. The van der Waals surface area contributed by atoms with Gasteiger partial charge in [0.2, 0.25) is 0 Å². The number of aryl methyl sites for hydroxylation is 2. The number of nitrogens with zero attached hydrogens (tertiary/aromatic N) is 1. The Balaban J connectivity index is 2.52. The third kappa shape index (κ3) is 1.54. The van der Waals surface area contributed by atoms with Gasteiger partial charge in [-0.25, -0.2) is 4.79 Å². The third-order valence-corrected chi connectivity index (χ3v) is 2.46. The number of nitrogens with one attached hydrogen (secondary N) is 1. The molecular weight excluding hydrogens is 192 g/mol. The fraction of sp³-hybridized carbons (Fsp3) is 0.182. The molecule has 0 unspecified atom stereocenters. The van der Waals surface area contributed by atoms with E-state index < -0.39 is 5.97 Å². The Morgan fingerprint density at radius 3 is 2.73 bits per heavy atom. The van der Waals surface area contributed by atoms with Crippen molar-refractivity contribution in [2.75, 3.05) is 0 Å². The van der Waals surface area contributed by atoms with E-state index in [1.165, 1.54) is 0 Å². The van der Waals surface area contributed by atoms with Gasteiger partial charge in [0.25, 0.3) is 0 Å². The highest BCUT2D eigenvalue weighted by molar-refractivity contribution is 5.90. The summed E-state index contributed by atoms with van der Waals surface area (Å²) in [5.41, 5.74) is 2.81. The molecule has 4 heteroatoms. The first-order chi connectivity index (χ1) is 7.09. The summed E-state index contributed by atoms with van der Waals surface area (Å²) in [7, 11) is 1.92. The van der Waals surface area contributed by atoms with Crippen LogP contribution in [0.25, 0.3) is 11.4 Å². The smallest absolute Gasteiger partial charge is 0.337 e. The number of hydrogen-bond donors (Lipinski definition) is 2. The van der Waals surface area contributed by atoms with Gasteiger partial charge in [-0.05, 0) is 25.1 Å². The number of aromatic carboxylic acids is 1.